The van der Waals surface area contributed by atoms with Gasteiger partial charge in [0.25, 0.3) is 5.91 Å². The Morgan fingerprint density at radius 2 is 2.00 bits per heavy atom. The van der Waals surface area contributed by atoms with E-state index < -0.39 is 5.91 Å². The van der Waals surface area contributed by atoms with E-state index in [2.05, 4.69) is 10.3 Å². The number of hydrogen-bond donors (Lipinski definition) is 2. The fourth-order valence-electron chi connectivity index (χ4n) is 1.61. The molecule has 0 saturated heterocycles. The average molecular weight is 292 g/mol. The number of pyridine rings is 1. The minimum Gasteiger partial charge on any atom is -0.494 e. The SMILES string of the molecule is CCOc1ccc(NC(=O)c2nc(N)ccc2Cl)cc1. The molecule has 1 heterocycles. The number of rotatable bonds is 4. The van der Waals surface area contributed by atoms with E-state index in [9.17, 15) is 4.79 Å². The van der Waals surface area contributed by atoms with Crippen LogP contribution in [0.5, 0.6) is 5.75 Å². The molecule has 0 aliphatic heterocycles. The standard InChI is InChI=1S/C14H14ClN3O2/c1-2-20-10-5-3-9(4-6-10)17-14(19)13-11(15)7-8-12(16)18-13/h3-8H,2H2,1H3,(H2,16,18)(H,17,19). The van der Waals surface area contributed by atoms with Gasteiger partial charge in [-0.05, 0) is 43.3 Å². The maximum atomic E-state index is 12.1. The molecule has 0 aliphatic carbocycles. The van der Waals surface area contributed by atoms with Gasteiger partial charge in [-0.3, -0.25) is 4.79 Å². The first-order valence-corrected chi connectivity index (χ1v) is 6.44. The number of nitrogens with two attached hydrogens (primary N) is 1. The molecule has 2 aromatic rings. The molecule has 6 heteroatoms. The monoisotopic (exact) mass is 291 g/mol. The van der Waals surface area contributed by atoms with Gasteiger partial charge in [0.15, 0.2) is 0 Å². The van der Waals surface area contributed by atoms with Crippen molar-refractivity contribution in [1.29, 1.82) is 0 Å². The molecule has 0 saturated carbocycles. The van der Waals surface area contributed by atoms with Crippen molar-refractivity contribution in [3.8, 4) is 5.75 Å². The first-order valence-electron chi connectivity index (χ1n) is 6.06. The highest BCUT2D eigenvalue weighted by atomic mass is 35.5. The van der Waals surface area contributed by atoms with Crippen molar-refractivity contribution in [2.75, 3.05) is 17.7 Å². The molecule has 1 aromatic carbocycles. The molecule has 104 valence electrons. The van der Waals surface area contributed by atoms with Crippen molar-refractivity contribution >= 4 is 29.0 Å². The van der Waals surface area contributed by atoms with Crippen LogP contribution in [0, 0.1) is 0 Å². The van der Waals surface area contributed by atoms with Crippen LogP contribution in [-0.4, -0.2) is 17.5 Å². The molecule has 3 N–H and O–H groups in total. The summed E-state index contributed by atoms with van der Waals surface area (Å²) in [6.07, 6.45) is 0. The second-order valence-electron chi connectivity index (χ2n) is 3.98. The number of nitrogen functional groups attached to an aromatic ring is 1. The molecule has 0 bridgehead atoms. The van der Waals surface area contributed by atoms with Crippen LogP contribution in [0.4, 0.5) is 11.5 Å². The lowest BCUT2D eigenvalue weighted by molar-refractivity contribution is 0.102. The number of aromatic nitrogens is 1. The topological polar surface area (TPSA) is 77.2 Å². The van der Waals surface area contributed by atoms with Gasteiger partial charge in [0.2, 0.25) is 0 Å². The van der Waals surface area contributed by atoms with E-state index in [0.29, 0.717) is 12.3 Å². The van der Waals surface area contributed by atoms with Crippen LogP contribution >= 0.6 is 11.6 Å². The van der Waals surface area contributed by atoms with E-state index in [-0.39, 0.29) is 16.5 Å². The van der Waals surface area contributed by atoms with Crippen LogP contribution < -0.4 is 15.8 Å². The summed E-state index contributed by atoms with van der Waals surface area (Å²) in [5.41, 5.74) is 6.27. The highest BCUT2D eigenvalue weighted by Gasteiger charge is 2.12. The van der Waals surface area contributed by atoms with E-state index >= 15 is 0 Å². The molecule has 0 atom stereocenters. The normalized spacial score (nSPS) is 10.1. The number of carbonyl (C=O) groups excluding carboxylic acids is 1. The van der Waals surface area contributed by atoms with Gasteiger partial charge < -0.3 is 15.8 Å². The quantitative estimate of drug-likeness (QED) is 0.908. The predicted octanol–water partition coefficient (Wildman–Crippen LogP) is 2.97. The highest BCUT2D eigenvalue weighted by Crippen LogP contribution is 2.19. The molecule has 2 rings (SSSR count). The maximum Gasteiger partial charge on any atom is 0.275 e. The number of nitrogens with one attached hydrogen (secondary N) is 1. The Hall–Kier alpha value is -2.27. The summed E-state index contributed by atoms with van der Waals surface area (Å²) >= 11 is 5.92. The van der Waals surface area contributed by atoms with E-state index in [1.165, 1.54) is 12.1 Å². The summed E-state index contributed by atoms with van der Waals surface area (Å²) < 4.78 is 5.32. The Morgan fingerprint density at radius 1 is 1.30 bits per heavy atom. The first kappa shape index (κ1) is 14.1. The van der Waals surface area contributed by atoms with Gasteiger partial charge >= 0.3 is 0 Å². The molecule has 0 aliphatic rings. The zero-order valence-electron chi connectivity index (χ0n) is 10.9. The lowest BCUT2D eigenvalue weighted by Gasteiger charge is -2.08. The number of carbonyl (C=O) groups is 1. The zero-order valence-corrected chi connectivity index (χ0v) is 11.6. The van der Waals surface area contributed by atoms with E-state index in [1.807, 2.05) is 6.92 Å². The van der Waals surface area contributed by atoms with Crippen LogP contribution in [0.2, 0.25) is 5.02 Å². The smallest absolute Gasteiger partial charge is 0.275 e. The van der Waals surface area contributed by atoms with Crippen molar-refractivity contribution in [1.82, 2.24) is 4.98 Å². The number of benzene rings is 1. The summed E-state index contributed by atoms with van der Waals surface area (Å²) in [6, 6.07) is 10.1. The number of nitrogens with zero attached hydrogens (tertiary/aromatic N) is 1. The van der Waals surface area contributed by atoms with Gasteiger partial charge in [-0.25, -0.2) is 4.98 Å². The first-order chi connectivity index (χ1) is 9.60. The number of amides is 1. The Labute approximate surface area is 121 Å². The second kappa shape index (κ2) is 6.25. The summed E-state index contributed by atoms with van der Waals surface area (Å²) in [5.74, 6) is 0.573. The minimum atomic E-state index is -0.411. The van der Waals surface area contributed by atoms with E-state index in [1.54, 1.807) is 24.3 Å². The zero-order chi connectivity index (χ0) is 14.5. The molecule has 1 amide bonds. The average Bonchev–Trinajstić information content (AvgIpc) is 2.44. The number of ether oxygens (including phenoxy) is 1. The Morgan fingerprint density at radius 3 is 2.65 bits per heavy atom. The summed E-state index contributed by atoms with van der Waals surface area (Å²) in [4.78, 5) is 16.0. The Kier molecular flexibility index (Phi) is 4.42. The van der Waals surface area contributed by atoms with Gasteiger partial charge in [-0.2, -0.15) is 0 Å². The van der Waals surface area contributed by atoms with Gasteiger partial charge in [0.05, 0.1) is 11.6 Å². The van der Waals surface area contributed by atoms with Crippen molar-refractivity contribution in [3.63, 3.8) is 0 Å². The molecule has 0 spiro atoms. The van der Waals surface area contributed by atoms with Crippen molar-refractivity contribution in [2.24, 2.45) is 0 Å². The molecular weight excluding hydrogens is 278 g/mol. The van der Waals surface area contributed by atoms with Gasteiger partial charge in [-0.1, -0.05) is 11.6 Å². The lowest BCUT2D eigenvalue weighted by atomic mass is 10.2. The second-order valence-corrected chi connectivity index (χ2v) is 4.39. The largest absolute Gasteiger partial charge is 0.494 e. The summed E-state index contributed by atoms with van der Waals surface area (Å²) in [6.45, 7) is 2.50. The van der Waals surface area contributed by atoms with Crippen LogP contribution in [0.1, 0.15) is 17.4 Å². The Bertz CT molecular complexity index is 614. The van der Waals surface area contributed by atoms with Crippen molar-refractivity contribution in [2.45, 2.75) is 6.92 Å². The fourth-order valence-corrected chi connectivity index (χ4v) is 1.80. The molecule has 0 fully saturated rings. The highest BCUT2D eigenvalue weighted by molar-refractivity contribution is 6.34. The van der Waals surface area contributed by atoms with Crippen LogP contribution in [0.15, 0.2) is 36.4 Å². The molecule has 0 radical (unpaired) electrons. The third kappa shape index (κ3) is 3.39. The molecule has 20 heavy (non-hydrogen) atoms. The van der Waals surface area contributed by atoms with Crippen LogP contribution in [-0.2, 0) is 0 Å². The van der Waals surface area contributed by atoms with Gasteiger partial charge in [-0.15, -0.1) is 0 Å². The fraction of sp³-hybridized carbons (Fsp3) is 0.143. The van der Waals surface area contributed by atoms with E-state index in [4.69, 9.17) is 22.1 Å². The molecule has 0 unspecified atom stereocenters. The number of anilines is 2. The number of hydrogen-bond acceptors (Lipinski definition) is 4. The minimum absolute atomic E-state index is 0.0977. The van der Waals surface area contributed by atoms with Crippen LogP contribution in [0.3, 0.4) is 0 Å². The maximum absolute atomic E-state index is 12.1. The van der Waals surface area contributed by atoms with Gasteiger partial charge in [0.1, 0.15) is 17.3 Å². The van der Waals surface area contributed by atoms with Gasteiger partial charge in [0, 0.05) is 5.69 Å². The number of halogens is 1. The van der Waals surface area contributed by atoms with Crippen LogP contribution in [0.25, 0.3) is 0 Å². The summed E-state index contributed by atoms with van der Waals surface area (Å²) in [7, 11) is 0. The predicted molar refractivity (Wildman–Crippen MR) is 79.2 cm³/mol. The summed E-state index contributed by atoms with van der Waals surface area (Å²) in [5, 5.41) is 2.95. The van der Waals surface area contributed by atoms with Crippen molar-refractivity contribution in [3.05, 3.63) is 47.1 Å². The van der Waals surface area contributed by atoms with Crippen molar-refractivity contribution < 1.29 is 9.53 Å². The third-order valence-electron chi connectivity index (χ3n) is 2.51. The molecular formula is C14H14ClN3O2. The lowest BCUT2D eigenvalue weighted by Crippen LogP contribution is -2.15. The molecule has 1 aromatic heterocycles. The molecule has 5 nitrogen and oxygen atoms in total. The third-order valence-corrected chi connectivity index (χ3v) is 2.81. The Balaban J connectivity index is 2.13. The van der Waals surface area contributed by atoms with E-state index in [0.717, 1.165) is 5.75 Å².